The van der Waals surface area contributed by atoms with Crippen LogP contribution in [0.25, 0.3) is 0 Å². The lowest BCUT2D eigenvalue weighted by molar-refractivity contribution is -0.137. The van der Waals surface area contributed by atoms with Crippen LogP contribution >= 0.6 is 23.4 Å². The van der Waals surface area contributed by atoms with Gasteiger partial charge < -0.3 is 10.1 Å². The van der Waals surface area contributed by atoms with Crippen LogP contribution in [0.4, 0.5) is 18.9 Å². The van der Waals surface area contributed by atoms with Gasteiger partial charge in [-0.25, -0.2) is 9.78 Å². The van der Waals surface area contributed by atoms with Crippen LogP contribution in [-0.4, -0.2) is 23.1 Å². The quantitative estimate of drug-likeness (QED) is 0.345. The van der Waals surface area contributed by atoms with Crippen molar-refractivity contribution in [2.24, 2.45) is 0 Å². The summed E-state index contributed by atoms with van der Waals surface area (Å²) in [5.74, 6) is -1.79. The first-order chi connectivity index (χ1) is 15.2. The number of nitrogens with one attached hydrogen (secondary N) is 1. The van der Waals surface area contributed by atoms with Gasteiger partial charge in [0.05, 0.1) is 16.8 Å². The predicted octanol–water partition coefficient (Wildman–Crippen LogP) is 6.01. The van der Waals surface area contributed by atoms with E-state index in [1.165, 1.54) is 48.3 Å². The number of carbonyl (C=O) groups excluding carboxylic acids is 2. The van der Waals surface area contributed by atoms with Crippen molar-refractivity contribution in [2.75, 3.05) is 11.6 Å². The SMILES string of the molecule is CSc1ncccc1C(=O)O[C@H](C(=O)Nc1ccc(Cl)cc1C(F)(F)F)c1ccccc1. The summed E-state index contributed by atoms with van der Waals surface area (Å²) in [6, 6.07) is 14.0. The number of halogens is 4. The Morgan fingerprint density at radius 2 is 1.81 bits per heavy atom. The van der Waals surface area contributed by atoms with Crippen LogP contribution < -0.4 is 5.32 Å². The molecule has 166 valence electrons. The fraction of sp³-hybridized carbons (Fsp3) is 0.136. The molecule has 10 heteroatoms. The molecule has 3 rings (SSSR count). The number of hydrogen-bond acceptors (Lipinski definition) is 5. The first-order valence-corrected chi connectivity index (χ1v) is 10.7. The predicted molar refractivity (Wildman–Crippen MR) is 116 cm³/mol. The van der Waals surface area contributed by atoms with E-state index in [1.807, 2.05) is 0 Å². The van der Waals surface area contributed by atoms with Crippen LogP contribution in [0.1, 0.15) is 27.6 Å². The van der Waals surface area contributed by atoms with E-state index in [9.17, 15) is 22.8 Å². The van der Waals surface area contributed by atoms with Gasteiger partial charge in [-0.1, -0.05) is 41.9 Å². The Bertz CT molecular complexity index is 1130. The van der Waals surface area contributed by atoms with E-state index < -0.39 is 35.4 Å². The third-order valence-electron chi connectivity index (χ3n) is 4.29. The highest BCUT2D eigenvalue weighted by Crippen LogP contribution is 2.37. The van der Waals surface area contributed by atoms with Gasteiger partial charge in [0.25, 0.3) is 5.91 Å². The molecule has 1 aromatic heterocycles. The molecule has 1 amide bonds. The zero-order valence-electron chi connectivity index (χ0n) is 16.5. The van der Waals surface area contributed by atoms with Crippen LogP contribution in [-0.2, 0) is 15.7 Å². The normalized spacial score (nSPS) is 12.2. The average Bonchev–Trinajstić information content (AvgIpc) is 2.78. The lowest BCUT2D eigenvalue weighted by atomic mass is 10.1. The van der Waals surface area contributed by atoms with Gasteiger partial charge >= 0.3 is 12.1 Å². The summed E-state index contributed by atoms with van der Waals surface area (Å²) < 4.78 is 45.7. The third-order valence-corrected chi connectivity index (χ3v) is 5.24. The zero-order chi connectivity index (χ0) is 23.3. The maximum Gasteiger partial charge on any atom is 0.418 e. The van der Waals surface area contributed by atoms with Crippen LogP contribution in [0.5, 0.6) is 0 Å². The summed E-state index contributed by atoms with van der Waals surface area (Å²) in [7, 11) is 0. The summed E-state index contributed by atoms with van der Waals surface area (Å²) in [4.78, 5) is 29.9. The van der Waals surface area contributed by atoms with Gasteiger partial charge in [0, 0.05) is 16.8 Å². The Morgan fingerprint density at radius 3 is 2.47 bits per heavy atom. The molecule has 1 N–H and O–H groups in total. The maximum atomic E-state index is 13.4. The Balaban J connectivity index is 1.94. The minimum Gasteiger partial charge on any atom is -0.444 e. The fourth-order valence-electron chi connectivity index (χ4n) is 2.84. The number of ether oxygens (including phenoxy) is 1. The standard InChI is InChI=1S/C22H16ClF3N2O3S/c1-32-20-15(8-5-11-27-20)21(30)31-18(13-6-3-2-4-7-13)19(29)28-17-10-9-14(23)12-16(17)22(24,25)26/h2-12,18H,1H3,(H,28,29)/t18-/m0/s1. The maximum absolute atomic E-state index is 13.4. The van der Waals surface area contributed by atoms with Crippen LogP contribution in [0.15, 0.2) is 71.9 Å². The number of pyridine rings is 1. The number of alkyl halides is 3. The van der Waals surface area contributed by atoms with Crippen molar-refractivity contribution < 1.29 is 27.5 Å². The van der Waals surface area contributed by atoms with Gasteiger partial charge in [0.2, 0.25) is 6.10 Å². The van der Waals surface area contributed by atoms with Crippen LogP contribution in [0, 0.1) is 0 Å². The van der Waals surface area contributed by atoms with Crippen molar-refractivity contribution in [3.05, 3.63) is 88.6 Å². The zero-order valence-corrected chi connectivity index (χ0v) is 18.1. The number of rotatable bonds is 6. The van der Waals surface area contributed by atoms with Gasteiger partial charge in [-0.05, 0) is 36.6 Å². The molecule has 0 unspecified atom stereocenters. The largest absolute Gasteiger partial charge is 0.444 e. The minimum atomic E-state index is -4.75. The highest BCUT2D eigenvalue weighted by Gasteiger charge is 2.35. The van der Waals surface area contributed by atoms with Crippen molar-refractivity contribution in [1.29, 1.82) is 0 Å². The summed E-state index contributed by atoms with van der Waals surface area (Å²) >= 11 is 6.91. The molecule has 0 aliphatic rings. The third kappa shape index (κ3) is 5.60. The van der Waals surface area contributed by atoms with E-state index in [1.54, 1.807) is 24.5 Å². The molecule has 1 atom stereocenters. The van der Waals surface area contributed by atoms with Crippen molar-refractivity contribution in [2.45, 2.75) is 17.3 Å². The van der Waals surface area contributed by atoms with E-state index in [2.05, 4.69) is 10.3 Å². The number of benzene rings is 2. The molecular weight excluding hydrogens is 465 g/mol. The van der Waals surface area contributed by atoms with Crippen molar-refractivity contribution in [3.63, 3.8) is 0 Å². The molecule has 0 radical (unpaired) electrons. The van der Waals surface area contributed by atoms with Crippen LogP contribution in [0.3, 0.4) is 0 Å². The number of thioether (sulfide) groups is 1. The van der Waals surface area contributed by atoms with E-state index in [0.717, 1.165) is 6.07 Å². The first kappa shape index (κ1) is 23.6. The van der Waals surface area contributed by atoms with Crippen molar-refractivity contribution in [1.82, 2.24) is 4.98 Å². The number of amides is 1. The number of nitrogens with zero attached hydrogens (tertiary/aromatic N) is 1. The molecule has 0 aliphatic heterocycles. The topological polar surface area (TPSA) is 68.3 Å². The number of esters is 1. The first-order valence-electron chi connectivity index (χ1n) is 9.13. The second kappa shape index (κ2) is 10.1. The Labute approximate surface area is 190 Å². The lowest BCUT2D eigenvalue weighted by Gasteiger charge is -2.20. The van der Waals surface area contributed by atoms with E-state index in [-0.39, 0.29) is 16.1 Å². The molecule has 1 heterocycles. The summed E-state index contributed by atoms with van der Waals surface area (Å²) in [5.41, 5.74) is -1.20. The smallest absolute Gasteiger partial charge is 0.418 e. The second-order valence-electron chi connectivity index (χ2n) is 6.43. The number of hydrogen-bond donors (Lipinski definition) is 1. The Hall–Kier alpha value is -3.04. The average molecular weight is 481 g/mol. The highest BCUT2D eigenvalue weighted by molar-refractivity contribution is 7.98. The molecule has 0 spiro atoms. The Morgan fingerprint density at radius 1 is 1.09 bits per heavy atom. The summed E-state index contributed by atoms with van der Waals surface area (Å²) in [6.07, 6.45) is -3.03. The van der Waals surface area contributed by atoms with E-state index in [0.29, 0.717) is 11.1 Å². The van der Waals surface area contributed by atoms with Crippen molar-refractivity contribution in [3.8, 4) is 0 Å². The van der Waals surface area contributed by atoms with E-state index >= 15 is 0 Å². The summed E-state index contributed by atoms with van der Waals surface area (Å²) in [5, 5.41) is 2.47. The van der Waals surface area contributed by atoms with Gasteiger partial charge in [0.15, 0.2) is 0 Å². The van der Waals surface area contributed by atoms with Gasteiger partial charge in [-0.15, -0.1) is 11.8 Å². The molecule has 0 fully saturated rings. The molecule has 0 aliphatic carbocycles. The monoisotopic (exact) mass is 480 g/mol. The van der Waals surface area contributed by atoms with Crippen molar-refractivity contribution >= 4 is 40.9 Å². The molecule has 3 aromatic rings. The molecule has 32 heavy (non-hydrogen) atoms. The molecule has 0 saturated carbocycles. The molecule has 0 saturated heterocycles. The fourth-order valence-corrected chi connectivity index (χ4v) is 3.55. The molecule has 5 nitrogen and oxygen atoms in total. The van der Waals surface area contributed by atoms with Gasteiger partial charge in [0.1, 0.15) is 5.03 Å². The molecule has 2 aromatic carbocycles. The lowest BCUT2D eigenvalue weighted by Crippen LogP contribution is -2.27. The molecular formula is C22H16ClF3N2O3S. The van der Waals surface area contributed by atoms with Gasteiger partial charge in [-0.3, -0.25) is 4.79 Å². The highest BCUT2D eigenvalue weighted by atomic mass is 35.5. The van der Waals surface area contributed by atoms with Gasteiger partial charge in [-0.2, -0.15) is 13.2 Å². The summed E-state index contributed by atoms with van der Waals surface area (Å²) in [6.45, 7) is 0. The Kier molecular flexibility index (Phi) is 7.42. The number of anilines is 1. The number of carbonyl (C=O) groups is 2. The number of aromatic nitrogens is 1. The van der Waals surface area contributed by atoms with E-state index in [4.69, 9.17) is 16.3 Å². The van der Waals surface area contributed by atoms with Crippen LogP contribution in [0.2, 0.25) is 5.02 Å². The second-order valence-corrected chi connectivity index (χ2v) is 7.66. The minimum absolute atomic E-state index is 0.135. The molecule has 0 bridgehead atoms.